The lowest BCUT2D eigenvalue weighted by Gasteiger charge is -2.09. The molecule has 0 fully saturated rings. The molecule has 2 aromatic rings. The minimum absolute atomic E-state index is 0.165. The maximum absolute atomic E-state index is 12.3. The molecule has 0 aliphatic heterocycles. The van der Waals surface area contributed by atoms with Crippen molar-refractivity contribution < 1.29 is 8.42 Å². The van der Waals surface area contributed by atoms with Crippen LogP contribution in [0.15, 0.2) is 41.6 Å². The number of hydrogen-bond donors (Lipinski definition) is 2. The van der Waals surface area contributed by atoms with Crippen LogP contribution in [0, 0.1) is 6.92 Å². The van der Waals surface area contributed by atoms with E-state index in [9.17, 15) is 8.42 Å². The Morgan fingerprint density at radius 3 is 2.60 bits per heavy atom. The van der Waals surface area contributed by atoms with Gasteiger partial charge in [-0.05, 0) is 32.0 Å². The Balaban J connectivity index is 2.28. The second-order valence-electron chi connectivity index (χ2n) is 4.20. The zero-order valence-corrected chi connectivity index (χ0v) is 12.1. The molecule has 0 atom stereocenters. The van der Waals surface area contributed by atoms with Gasteiger partial charge in [0, 0.05) is 30.7 Å². The molecule has 7 heteroatoms. The van der Waals surface area contributed by atoms with E-state index in [-0.39, 0.29) is 4.90 Å². The fourth-order valence-electron chi connectivity index (χ4n) is 1.68. The van der Waals surface area contributed by atoms with Gasteiger partial charge in [0.15, 0.2) is 0 Å². The van der Waals surface area contributed by atoms with Crippen LogP contribution in [-0.4, -0.2) is 24.9 Å². The molecule has 2 aromatic heterocycles. The van der Waals surface area contributed by atoms with Crippen LogP contribution in [0.4, 0.5) is 11.5 Å². The SMILES string of the molecule is CCNc1cc(S(=O)(=O)Nc2ccnc(C)c2)ccn1. The Kier molecular flexibility index (Phi) is 4.19. The summed E-state index contributed by atoms with van der Waals surface area (Å²) in [5.74, 6) is 0.529. The van der Waals surface area contributed by atoms with Gasteiger partial charge in [-0.15, -0.1) is 0 Å². The molecule has 0 radical (unpaired) electrons. The summed E-state index contributed by atoms with van der Waals surface area (Å²) in [4.78, 5) is 8.24. The third kappa shape index (κ3) is 3.45. The molecule has 6 nitrogen and oxygen atoms in total. The van der Waals surface area contributed by atoms with Gasteiger partial charge in [0.25, 0.3) is 10.0 Å². The highest BCUT2D eigenvalue weighted by atomic mass is 32.2. The number of nitrogens with zero attached hydrogens (tertiary/aromatic N) is 2. The Morgan fingerprint density at radius 2 is 1.90 bits per heavy atom. The molecule has 0 saturated heterocycles. The molecule has 0 spiro atoms. The van der Waals surface area contributed by atoms with E-state index < -0.39 is 10.0 Å². The van der Waals surface area contributed by atoms with Gasteiger partial charge < -0.3 is 5.32 Å². The van der Waals surface area contributed by atoms with Crippen LogP contribution in [0.1, 0.15) is 12.6 Å². The Morgan fingerprint density at radius 1 is 1.15 bits per heavy atom. The van der Waals surface area contributed by atoms with E-state index in [1.165, 1.54) is 18.3 Å². The number of nitrogens with one attached hydrogen (secondary N) is 2. The van der Waals surface area contributed by atoms with Crippen LogP contribution in [0.2, 0.25) is 0 Å². The minimum atomic E-state index is -3.63. The van der Waals surface area contributed by atoms with Gasteiger partial charge in [0.2, 0.25) is 0 Å². The molecule has 2 rings (SSSR count). The van der Waals surface area contributed by atoms with Crippen LogP contribution < -0.4 is 10.0 Å². The lowest BCUT2D eigenvalue weighted by Crippen LogP contribution is -2.14. The van der Waals surface area contributed by atoms with Crippen molar-refractivity contribution in [1.29, 1.82) is 0 Å². The number of anilines is 2. The highest BCUT2D eigenvalue weighted by Gasteiger charge is 2.15. The van der Waals surface area contributed by atoms with Crippen LogP contribution >= 0.6 is 0 Å². The van der Waals surface area contributed by atoms with Crippen molar-refractivity contribution >= 4 is 21.5 Å². The van der Waals surface area contributed by atoms with E-state index in [2.05, 4.69) is 20.0 Å². The van der Waals surface area contributed by atoms with Gasteiger partial charge in [0.05, 0.1) is 10.6 Å². The van der Waals surface area contributed by atoms with E-state index in [1.807, 2.05) is 6.92 Å². The summed E-state index contributed by atoms with van der Waals surface area (Å²) in [6.45, 7) is 4.39. The molecule has 2 N–H and O–H groups in total. The van der Waals surface area contributed by atoms with E-state index in [0.717, 1.165) is 5.69 Å². The van der Waals surface area contributed by atoms with E-state index in [0.29, 0.717) is 18.1 Å². The normalized spacial score (nSPS) is 11.1. The van der Waals surface area contributed by atoms with Gasteiger partial charge >= 0.3 is 0 Å². The van der Waals surface area contributed by atoms with Crippen molar-refractivity contribution in [2.75, 3.05) is 16.6 Å². The standard InChI is InChI=1S/C13H16N4O2S/c1-3-14-13-9-12(5-7-16-13)20(18,19)17-11-4-6-15-10(2)8-11/h4-9H,3H2,1-2H3,(H,14,16)(H,15,17). The van der Waals surface area contributed by atoms with Gasteiger partial charge in [-0.1, -0.05) is 0 Å². The topological polar surface area (TPSA) is 84.0 Å². The average Bonchev–Trinajstić information content (AvgIpc) is 2.39. The van der Waals surface area contributed by atoms with Gasteiger partial charge in [-0.3, -0.25) is 9.71 Å². The molecule has 0 amide bonds. The first-order valence-corrected chi connectivity index (χ1v) is 7.65. The molecule has 106 valence electrons. The number of sulfonamides is 1. The fourth-order valence-corrected chi connectivity index (χ4v) is 2.74. The first-order valence-electron chi connectivity index (χ1n) is 6.16. The molecule has 0 unspecified atom stereocenters. The van der Waals surface area contributed by atoms with Crippen molar-refractivity contribution in [2.24, 2.45) is 0 Å². The van der Waals surface area contributed by atoms with Gasteiger partial charge in [0.1, 0.15) is 5.82 Å². The van der Waals surface area contributed by atoms with Crippen molar-refractivity contribution in [3.8, 4) is 0 Å². The van der Waals surface area contributed by atoms with Crippen molar-refractivity contribution in [2.45, 2.75) is 18.7 Å². The third-order valence-electron chi connectivity index (χ3n) is 2.55. The molecule has 0 bridgehead atoms. The summed E-state index contributed by atoms with van der Waals surface area (Å²) in [6, 6.07) is 6.23. The van der Waals surface area contributed by atoms with Crippen molar-refractivity contribution in [3.63, 3.8) is 0 Å². The number of aromatic nitrogens is 2. The third-order valence-corrected chi connectivity index (χ3v) is 3.93. The predicted molar refractivity (Wildman–Crippen MR) is 78.2 cm³/mol. The van der Waals surface area contributed by atoms with Crippen LogP contribution in [0.3, 0.4) is 0 Å². The predicted octanol–water partition coefficient (Wildman–Crippen LogP) is 2.02. The highest BCUT2D eigenvalue weighted by Crippen LogP contribution is 2.17. The quantitative estimate of drug-likeness (QED) is 0.880. The monoisotopic (exact) mass is 292 g/mol. The molecule has 0 aromatic carbocycles. The van der Waals surface area contributed by atoms with Crippen LogP contribution in [-0.2, 0) is 10.0 Å². The van der Waals surface area contributed by atoms with Gasteiger partial charge in [-0.25, -0.2) is 13.4 Å². The lowest BCUT2D eigenvalue weighted by atomic mass is 10.3. The second kappa shape index (κ2) is 5.87. The zero-order valence-electron chi connectivity index (χ0n) is 11.3. The molecule has 20 heavy (non-hydrogen) atoms. The summed E-state index contributed by atoms with van der Waals surface area (Å²) in [5, 5.41) is 2.98. The Hall–Kier alpha value is -2.15. The van der Waals surface area contributed by atoms with E-state index >= 15 is 0 Å². The second-order valence-corrected chi connectivity index (χ2v) is 5.88. The number of rotatable bonds is 5. The van der Waals surface area contributed by atoms with Crippen molar-refractivity contribution in [1.82, 2.24) is 9.97 Å². The molecule has 0 aliphatic carbocycles. The van der Waals surface area contributed by atoms with Crippen molar-refractivity contribution in [3.05, 3.63) is 42.4 Å². The van der Waals surface area contributed by atoms with Crippen LogP contribution in [0.5, 0.6) is 0 Å². The summed E-state index contributed by atoms with van der Waals surface area (Å²) in [5.41, 5.74) is 1.23. The highest BCUT2D eigenvalue weighted by molar-refractivity contribution is 7.92. The zero-order chi connectivity index (χ0) is 14.6. The van der Waals surface area contributed by atoms with Gasteiger partial charge in [-0.2, -0.15) is 0 Å². The first kappa shape index (κ1) is 14.3. The largest absolute Gasteiger partial charge is 0.370 e. The summed E-state index contributed by atoms with van der Waals surface area (Å²) in [6.07, 6.45) is 3.02. The molecule has 0 saturated carbocycles. The summed E-state index contributed by atoms with van der Waals surface area (Å²) in [7, 11) is -3.63. The molecule has 2 heterocycles. The number of aryl methyl sites for hydroxylation is 1. The fraction of sp³-hybridized carbons (Fsp3) is 0.231. The van der Waals surface area contributed by atoms with E-state index in [1.54, 1.807) is 25.3 Å². The average molecular weight is 292 g/mol. The summed E-state index contributed by atoms with van der Waals surface area (Å²) >= 11 is 0. The maximum Gasteiger partial charge on any atom is 0.262 e. The minimum Gasteiger partial charge on any atom is -0.370 e. The number of hydrogen-bond acceptors (Lipinski definition) is 5. The van der Waals surface area contributed by atoms with Crippen LogP contribution in [0.25, 0.3) is 0 Å². The Bertz CT molecular complexity index is 701. The number of pyridine rings is 2. The Labute approximate surface area is 118 Å². The molecular formula is C13H16N4O2S. The molecule has 0 aliphatic rings. The smallest absolute Gasteiger partial charge is 0.262 e. The maximum atomic E-state index is 12.3. The lowest BCUT2D eigenvalue weighted by molar-refractivity contribution is 0.601. The first-order chi connectivity index (χ1) is 9.51. The van der Waals surface area contributed by atoms with E-state index in [4.69, 9.17) is 0 Å². The molecular weight excluding hydrogens is 276 g/mol. The summed E-state index contributed by atoms with van der Waals surface area (Å²) < 4.78 is 27.1.